The Bertz CT molecular complexity index is 248. The fourth-order valence-corrected chi connectivity index (χ4v) is 2.09. The summed E-state index contributed by atoms with van der Waals surface area (Å²) in [6.07, 6.45) is 1.99. The van der Waals surface area contributed by atoms with Crippen LogP contribution in [0.2, 0.25) is 0 Å². The van der Waals surface area contributed by atoms with Gasteiger partial charge in [0.2, 0.25) is 5.91 Å². The molecule has 3 N–H and O–H groups in total. The van der Waals surface area contributed by atoms with Gasteiger partial charge in [0, 0.05) is 19.0 Å². The van der Waals surface area contributed by atoms with Crippen LogP contribution < -0.4 is 5.73 Å². The van der Waals surface area contributed by atoms with Crippen molar-refractivity contribution in [1.82, 2.24) is 4.90 Å². The second-order valence-corrected chi connectivity index (χ2v) is 4.79. The number of carbonyl (C=O) groups excluding carboxylic acids is 1. The number of rotatable bonds is 5. The Morgan fingerprint density at radius 1 is 1.65 bits per heavy atom. The Balaban J connectivity index is 2.48. The lowest BCUT2D eigenvalue weighted by Gasteiger charge is -2.38. The van der Waals surface area contributed by atoms with Crippen molar-refractivity contribution in [3.05, 3.63) is 0 Å². The van der Waals surface area contributed by atoms with Gasteiger partial charge in [0.15, 0.2) is 0 Å². The Labute approximate surface area is 103 Å². The zero-order valence-corrected chi connectivity index (χ0v) is 10.8. The van der Waals surface area contributed by atoms with E-state index in [1.165, 1.54) is 0 Å². The minimum absolute atomic E-state index is 0.0441. The largest absolute Gasteiger partial charge is 0.394 e. The summed E-state index contributed by atoms with van der Waals surface area (Å²) >= 11 is 0. The second kappa shape index (κ2) is 6.93. The van der Waals surface area contributed by atoms with Gasteiger partial charge in [-0.3, -0.25) is 4.79 Å². The summed E-state index contributed by atoms with van der Waals surface area (Å²) in [4.78, 5) is 13.8. The maximum atomic E-state index is 12.1. The molecule has 1 aliphatic rings. The third-order valence-corrected chi connectivity index (χ3v) is 3.13. The molecule has 1 fully saturated rings. The molecule has 17 heavy (non-hydrogen) atoms. The summed E-state index contributed by atoms with van der Waals surface area (Å²) in [6, 6.07) is 0.00856. The van der Waals surface area contributed by atoms with E-state index in [0.29, 0.717) is 19.6 Å². The highest BCUT2D eigenvalue weighted by molar-refractivity contribution is 5.77. The van der Waals surface area contributed by atoms with Gasteiger partial charge in [-0.15, -0.1) is 0 Å². The van der Waals surface area contributed by atoms with E-state index in [9.17, 15) is 4.79 Å². The quantitative estimate of drug-likeness (QED) is 0.720. The highest BCUT2D eigenvalue weighted by Gasteiger charge is 2.29. The molecule has 1 heterocycles. The van der Waals surface area contributed by atoms with Crippen molar-refractivity contribution in [2.75, 3.05) is 19.8 Å². The third-order valence-electron chi connectivity index (χ3n) is 3.13. The summed E-state index contributed by atoms with van der Waals surface area (Å²) < 4.78 is 5.40. The standard InChI is InChI=1S/C12H24N2O3/c1-3-4-10(13)5-12(16)14-6-11(7-15)17-8-9(14)2/h9-11,15H,3-8,13H2,1-2H3. The molecule has 0 bridgehead atoms. The predicted molar refractivity (Wildman–Crippen MR) is 65.5 cm³/mol. The molecule has 0 aromatic rings. The van der Waals surface area contributed by atoms with Crippen LogP contribution in [0.5, 0.6) is 0 Å². The van der Waals surface area contributed by atoms with Crippen LogP contribution in [0.4, 0.5) is 0 Å². The van der Waals surface area contributed by atoms with E-state index in [1.807, 2.05) is 6.92 Å². The average molecular weight is 244 g/mol. The summed E-state index contributed by atoms with van der Waals surface area (Å²) in [5.41, 5.74) is 5.88. The highest BCUT2D eigenvalue weighted by atomic mass is 16.5. The second-order valence-electron chi connectivity index (χ2n) is 4.79. The molecule has 0 saturated carbocycles. The van der Waals surface area contributed by atoms with Crippen LogP contribution >= 0.6 is 0 Å². The first-order valence-electron chi connectivity index (χ1n) is 6.36. The van der Waals surface area contributed by atoms with Crippen molar-refractivity contribution in [2.24, 2.45) is 5.73 Å². The van der Waals surface area contributed by atoms with E-state index in [-0.39, 0.29) is 30.7 Å². The van der Waals surface area contributed by atoms with Gasteiger partial charge in [0.1, 0.15) is 0 Å². The molecule has 3 unspecified atom stereocenters. The zero-order chi connectivity index (χ0) is 12.8. The highest BCUT2D eigenvalue weighted by Crippen LogP contribution is 2.14. The van der Waals surface area contributed by atoms with Crippen molar-refractivity contribution >= 4 is 5.91 Å². The van der Waals surface area contributed by atoms with E-state index in [4.69, 9.17) is 15.6 Å². The summed E-state index contributed by atoms with van der Waals surface area (Å²) in [6.45, 7) is 4.92. The normalized spacial score (nSPS) is 26.9. The van der Waals surface area contributed by atoms with Crippen LogP contribution in [0.25, 0.3) is 0 Å². The Morgan fingerprint density at radius 3 is 2.94 bits per heavy atom. The van der Waals surface area contributed by atoms with Gasteiger partial charge in [0.05, 0.1) is 25.4 Å². The first-order valence-corrected chi connectivity index (χ1v) is 6.36. The van der Waals surface area contributed by atoms with Crippen molar-refractivity contribution in [2.45, 2.75) is 51.3 Å². The van der Waals surface area contributed by atoms with Crippen LogP contribution in [0.1, 0.15) is 33.1 Å². The van der Waals surface area contributed by atoms with Crippen LogP contribution in [0.15, 0.2) is 0 Å². The molecule has 0 spiro atoms. The van der Waals surface area contributed by atoms with Gasteiger partial charge >= 0.3 is 0 Å². The molecule has 0 aromatic heterocycles. The maximum Gasteiger partial charge on any atom is 0.224 e. The lowest BCUT2D eigenvalue weighted by molar-refractivity contribution is -0.146. The van der Waals surface area contributed by atoms with Crippen LogP contribution in [0, 0.1) is 0 Å². The molecule has 1 saturated heterocycles. The Kier molecular flexibility index (Phi) is 5.88. The van der Waals surface area contributed by atoms with E-state index >= 15 is 0 Å². The summed E-state index contributed by atoms with van der Waals surface area (Å²) in [5, 5.41) is 9.06. The average Bonchev–Trinajstić information content (AvgIpc) is 2.29. The fourth-order valence-electron chi connectivity index (χ4n) is 2.09. The number of amides is 1. The van der Waals surface area contributed by atoms with Crippen LogP contribution in [-0.4, -0.2) is 53.9 Å². The number of hydrogen-bond acceptors (Lipinski definition) is 4. The van der Waals surface area contributed by atoms with Gasteiger partial charge in [-0.1, -0.05) is 13.3 Å². The van der Waals surface area contributed by atoms with Crippen molar-refractivity contribution in [3.63, 3.8) is 0 Å². The van der Waals surface area contributed by atoms with Crippen molar-refractivity contribution in [1.29, 1.82) is 0 Å². The number of nitrogens with zero attached hydrogens (tertiary/aromatic N) is 1. The van der Waals surface area contributed by atoms with Gasteiger partial charge < -0.3 is 20.5 Å². The van der Waals surface area contributed by atoms with Gasteiger partial charge in [0.25, 0.3) is 0 Å². The third kappa shape index (κ3) is 4.26. The topological polar surface area (TPSA) is 75.8 Å². The predicted octanol–water partition coefficient (Wildman–Crippen LogP) is 0.112. The lowest BCUT2D eigenvalue weighted by Crippen LogP contribution is -2.52. The molecule has 5 heteroatoms. The number of ether oxygens (including phenoxy) is 1. The zero-order valence-electron chi connectivity index (χ0n) is 10.8. The minimum atomic E-state index is -0.252. The monoisotopic (exact) mass is 244 g/mol. The number of aliphatic hydroxyl groups is 1. The number of nitrogens with two attached hydrogens (primary N) is 1. The first kappa shape index (κ1) is 14.4. The minimum Gasteiger partial charge on any atom is -0.394 e. The van der Waals surface area contributed by atoms with E-state index in [2.05, 4.69) is 6.92 Å². The lowest BCUT2D eigenvalue weighted by atomic mass is 10.1. The fraction of sp³-hybridized carbons (Fsp3) is 0.917. The van der Waals surface area contributed by atoms with E-state index in [0.717, 1.165) is 12.8 Å². The van der Waals surface area contributed by atoms with Gasteiger partial charge in [-0.05, 0) is 13.3 Å². The number of aliphatic hydroxyl groups excluding tert-OH is 1. The maximum absolute atomic E-state index is 12.1. The van der Waals surface area contributed by atoms with Crippen molar-refractivity contribution < 1.29 is 14.6 Å². The van der Waals surface area contributed by atoms with Crippen LogP contribution in [0.3, 0.4) is 0 Å². The van der Waals surface area contributed by atoms with E-state index < -0.39 is 0 Å². The van der Waals surface area contributed by atoms with Gasteiger partial charge in [-0.2, -0.15) is 0 Å². The van der Waals surface area contributed by atoms with Crippen LogP contribution in [-0.2, 0) is 9.53 Å². The number of morpholine rings is 1. The van der Waals surface area contributed by atoms with E-state index in [1.54, 1.807) is 4.90 Å². The molecule has 1 rings (SSSR count). The Hall–Kier alpha value is -0.650. The number of hydrogen-bond donors (Lipinski definition) is 2. The summed E-state index contributed by atoms with van der Waals surface area (Å²) in [7, 11) is 0. The SMILES string of the molecule is CCCC(N)CC(=O)N1CC(CO)OCC1C. The molecular formula is C12H24N2O3. The number of carbonyl (C=O) groups is 1. The summed E-state index contributed by atoms with van der Waals surface area (Å²) in [5.74, 6) is 0.0696. The smallest absolute Gasteiger partial charge is 0.224 e. The molecule has 3 atom stereocenters. The molecule has 0 radical (unpaired) electrons. The molecule has 5 nitrogen and oxygen atoms in total. The molecule has 0 aliphatic carbocycles. The molecule has 100 valence electrons. The molecular weight excluding hydrogens is 220 g/mol. The first-order chi connectivity index (χ1) is 8.08. The molecule has 1 aliphatic heterocycles. The Morgan fingerprint density at radius 2 is 2.35 bits per heavy atom. The molecule has 1 amide bonds. The van der Waals surface area contributed by atoms with Crippen molar-refractivity contribution in [3.8, 4) is 0 Å². The van der Waals surface area contributed by atoms with Gasteiger partial charge in [-0.25, -0.2) is 0 Å². The molecule has 0 aromatic carbocycles.